The van der Waals surface area contributed by atoms with Crippen molar-refractivity contribution in [3.63, 3.8) is 0 Å². The van der Waals surface area contributed by atoms with Gasteiger partial charge in [0.15, 0.2) is 5.13 Å². The molecule has 2 aromatic heterocycles. The van der Waals surface area contributed by atoms with E-state index >= 15 is 0 Å². The third-order valence-electron chi connectivity index (χ3n) is 3.65. The molecule has 0 saturated carbocycles. The number of imidazole rings is 1. The van der Waals surface area contributed by atoms with Crippen LogP contribution in [-0.2, 0) is 6.54 Å². The Morgan fingerprint density at radius 3 is 2.82 bits per heavy atom. The van der Waals surface area contributed by atoms with Crippen molar-refractivity contribution in [2.75, 3.05) is 37.6 Å². The topological polar surface area (TPSA) is 66.3 Å². The Bertz CT molecular complexity index is 603. The molecule has 1 N–H and O–H groups in total. The highest BCUT2D eigenvalue weighted by Gasteiger charge is 2.22. The molecule has 7 nitrogen and oxygen atoms in total. The number of rotatable bonds is 4. The van der Waals surface area contributed by atoms with Gasteiger partial charge >= 0.3 is 6.03 Å². The van der Waals surface area contributed by atoms with E-state index in [2.05, 4.69) is 25.6 Å². The van der Waals surface area contributed by atoms with Crippen molar-refractivity contribution in [3.8, 4) is 0 Å². The number of amides is 2. The molecule has 8 heteroatoms. The average molecular weight is 320 g/mol. The van der Waals surface area contributed by atoms with Gasteiger partial charge in [-0.1, -0.05) is 0 Å². The lowest BCUT2D eigenvalue weighted by Gasteiger charge is -2.34. The molecule has 22 heavy (non-hydrogen) atoms. The number of aryl methyl sites for hydroxylation is 1. The van der Waals surface area contributed by atoms with Crippen LogP contribution in [0.4, 0.5) is 9.93 Å². The summed E-state index contributed by atoms with van der Waals surface area (Å²) in [6, 6.07) is 0.00934. The van der Waals surface area contributed by atoms with Gasteiger partial charge in [0.2, 0.25) is 0 Å². The maximum absolute atomic E-state index is 12.1. The Hall–Kier alpha value is -2.09. The van der Waals surface area contributed by atoms with Crippen molar-refractivity contribution in [2.45, 2.75) is 13.5 Å². The zero-order valence-corrected chi connectivity index (χ0v) is 13.4. The van der Waals surface area contributed by atoms with E-state index in [-0.39, 0.29) is 6.03 Å². The van der Waals surface area contributed by atoms with E-state index in [0.717, 1.165) is 43.5 Å². The predicted molar refractivity (Wildman–Crippen MR) is 86.3 cm³/mol. The number of piperazine rings is 1. The predicted octanol–water partition coefficient (Wildman–Crippen LogP) is 1.18. The molecule has 0 aromatic carbocycles. The van der Waals surface area contributed by atoms with E-state index in [9.17, 15) is 4.79 Å². The highest BCUT2D eigenvalue weighted by Crippen LogP contribution is 2.21. The van der Waals surface area contributed by atoms with Gasteiger partial charge in [0.25, 0.3) is 0 Å². The number of thiazole rings is 1. The van der Waals surface area contributed by atoms with E-state index in [4.69, 9.17) is 0 Å². The molecule has 2 aromatic rings. The summed E-state index contributed by atoms with van der Waals surface area (Å²) in [6.07, 6.45) is 5.38. The van der Waals surface area contributed by atoms with Gasteiger partial charge in [-0.2, -0.15) is 0 Å². The molecule has 0 aliphatic carbocycles. The quantitative estimate of drug-likeness (QED) is 0.919. The lowest BCUT2D eigenvalue weighted by Crippen LogP contribution is -2.52. The van der Waals surface area contributed by atoms with Gasteiger partial charge < -0.3 is 19.7 Å². The summed E-state index contributed by atoms with van der Waals surface area (Å²) in [5.41, 5.74) is 1.06. The Balaban J connectivity index is 1.41. The molecule has 0 atom stereocenters. The van der Waals surface area contributed by atoms with Crippen LogP contribution >= 0.6 is 11.3 Å². The summed E-state index contributed by atoms with van der Waals surface area (Å²) in [6.45, 7) is 6.49. The molecule has 1 fully saturated rings. The summed E-state index contributed by atoms with van der Waals surface area (Å²) >= 11 is 1.67. The minimum absolute atomic E-state index is 0.00934. The van der Waals surface area contributed by atoms with E-state index in [1.807, 2.05) is 22.6 Å². The van der Waals surface area contributed by atoms with Crippen molar-refractivity contribution in [2.24, 2.45) is 0 Å². The Morgan fingerprint density at radius 2 is 2.18 bits per heavy atom. The van der Waals surface area contributed by atoms with Gasteiger partial charge in [0.1, 0.15) is 0 Å². The summed E-state index contributed by atoms with van der Waals surface area (Å²) in [5.74, 6) is 0. The number of anilines is 1. The van der Waals surface area contributed by atoms with Gasteiger partial charge in [-0.15, -0.1) is 11.3 Å². The highest BCUT2D eigenvalue weighted by atomic mass is 32.1. The molecule has 2 amide bonds. The minimum atomic E-state index is 0.00934. The maximum Gasteiger partial charge on any atom is 0.317 e. The maximum atomic E-state index is 12.1. The van der Waals surface area contributed by atoms with E-state index in [1.165, 1.54) is 0 Å². The van der Waals surface area contributed by atoms with Crippen LogP contribution in [0.5, 0.6) is 0 Å². The third-order valence-corrected chi connectivity index (χ3v) is 4.67. The fourth-order valence-electron chi connectivity index (χ4n) is 2.41. The molecule has 3 rings (SSSR count). The van der Waals surface area contributed by atoms with Gasteiger partial charge in [0, 0.05) is 57.0 Å². The van der Waals surface area contributed by atoms with Gasteiger partial charge in [0.05, 0.1) is 12.0 Å². The molecule has 1 aliphatic heterocycles. The van der Waals surface area contributed by atoms with Crippen LogP contribution in [0.3, 0.4) is 0 Å². The van der Waals surface area contributed by atoms with Crippen LogP contribution in [0.1, 0.15) is 5.69 Å². The van der Waals surface area contributed by atoms with E-state index in [0.29, 0.717) is 6.54 Å². The first-order chi connectivity index (χ1) is 10.7. The molecule has 1 aliphatic rings. The van der Waals surface area contributed by atoms with Crippen LogP contribution in [0, 0.1) is 6.92 Å². The molecule has 118 valence electrons. The average Bonchev–Trinajstić information content (AvgIpc) is 3.19. The van der Waals surface area contributed by atoms with E-state index < -0.39 is 0 Å². The molecular formula is C14H20N6OS. The normalized spacial score (nSPS) is 15.1. The first-order valence-corrected chi connectivity index (χ1v) is 8.26. The number of carbonyl (C=O) groups is 1. The van der Waals surface area contributed by atoms with Crippen LogP contribution in [0.25, 0.3) is 0 Å². The molecule has 0 bridgehead atoms. The number of nitrogens with zero attached hydrogens (tertiary/aromatic N) is 5. The highest BCUT2D eigenvalue weighted by molar-refractivity contribution is 7.13. The van der Waals surface area contributed by atoms with Crippen LogP contribution in [0.2, 0.25) is 0 Å². The second kappa shape index (κ2) is 6.78. The van der Waals surface area contributed by atoms with Crippen molar-refractivity contribution >= 4 is 22.5 Å². The number of carbonyl (C=O) groups excluding carboxylic acids is 1. The standard InChI is InChI=1S/C14H20N6OS/c1-12-10-22-14(17-12)20-8-6-19(7-9-20)13(21)16-3-5-18-4-2-15-11-18/h2,4,10-11H,3,5-9H2,1H3,(H,16,21). The molecule has 0 unspecified atom stereocenters. The zero-order chi connectivity index (χ0) is 15.4. The number of hydrogen-bond donors (Lipinski definition) is 1. The molecule has 0 spiro atoms. The number of urea groups is 1. The first kappa shape index (κ1) is 14.8. The van der Waals surface area contributed by atoms with Crippen molar-refractivity contribution in [3.05, 3.63) is 29.8 Å². The second-order valence-corrected chi connectivity index (χ2v) is 6.11. The summed E-state index contributed by atoms with van der Waals surface area (Å²) < 4.78 is 1.95. The molecular weight excluding hydrogens is 300 g/mol. The summed E-state index contributed by atoms with van der Waals surface area (Å²) in [5, 5.41) is 6.07. The van der Waals surface area contributed by atoms with Crippen LogP contribution in [0.15, 0.2) is 24.1 Å². The molecule has 3 heterocycles. The van der Waals surface area contributed by atoms with Gasteiger partial charge in [-0.3, -0.25) is 0 Å². The van der Waals surface area contributed by atoms with Gasteiger partial charge in [-0.25, -0.2) is 14.8 Å². The van der Waals surface area contributed by atoms with Gasteiger partial charge in [-0.05, 0) is 6.92 Å². The van der Waals surface area contributed by atoms with Crippen molar-refractivity contribution in [1.29, 1.82) is 0 Å². The Labute approximate surface area is 133 Å². The van der Waals surface area contributed by atoms with Crippen LogP contribution in [-0.4, -0.2) is 58.2 Å². The minimum Gasteiger partial charge on any atom is -0.345 e. The fraction of sp³-hybridized carbons (Fsp3) is 0.500. The summed E-state index contributed by atoms with van der Waals surface area (Å²) in [4.78, 5) is 24.7. The third kappa shape index (κ3) is 3.56. The second-order valence-electron chi connectivity index (χ2n) is 5.28. The Kier molecular flexibility index (Phi) is 4.57. The SMILES string of the molecule is Cc1csc(N2CCN(C(=O)NCCn3ccnc3)CC2)n1. The largest absolute Gasteiger partial charge is 0.345 e. The smallest absolute Gasteiger partial charge is 0.317 e. The van der Waals surface area contributed by atoms with Crippen LogP contribution < -0.4 is 10.2 Å². The summed E-state index contributed by atoms with van der Waals surface area (Å²) in [7, 11) is 0. The zero-order valence-electron chi connectivity index (χ0n) is 12.6. The Morgan fingerprint density at radius 1 is 1.36 bits per heavy atom. The lowest BCUT2D eigenvalue weighted by molar-refractivity contribution is 0.194. The van der Waals surface area contributed by atoms with Crippen molar-refractivity contribution in [1.82, 2.24) is 24.8 Å². The lowest BCUT2D eigenvalue weighted by atomic mass is 10.3. The van der Waals surface area contributed by atoms with E-state index in [1.54, 1.807) is 23.9 Å². The first-order valence-electron chi connectivity index (χ1n) is 7.38. The monoisotopic (exact) mass is 320 g/mol. The number of aromatic nitrogens is 3. The van der Waals surface area contributed by atoms with Crippen molar-refractivity contribution < 1.29 is 4.79 Å². The molecule has 0 radical (unpaired) electrons. The number of nitrogens with one attached hydrogen (secondary N) is 1. The molecule has 1 saturated heterocycles. The fourth-order valence-corrected chi connectivity index (χ4v) is 3.27. The number of hydrogen-bond acceptors (Lipinski definition) is 5.